The Kier molecular flexibility index (Phi) is 6.01. The molecule has 6 rings (SSSR count). The predicted molar refractivity (Wildman–Crippen MR) is 141 cm³/mol. The van der Waals surface area contributed by atoms with Gasteiger partial charge in [0, 0.05) is 29.1 Å². The molecule has 2 heterocycles. The molecule has 2 aromatic heterocycles. The van der Waals surface area contributed by atoms with Crippen LogP contribution in [0, 0.1) is 5.82 Å². The van der Waals surface area contributed by atoms with Gasteiger partial charge in [-0.15, -0.1) is 0 Å². The van der Waals surface area contributed by atoms with E-state index < -0.39 is 0 Å². The number of hydrogen-bond donors (Lipinski definition) is 1. The molecule has 6 aromatic rings. The number of benzene rings is 4. The van der Waals surface area contributed by atoms with Gasteiger partial charge in [0.2, 0.25) is 5.95 Å². The maximum atomic E-state index is 13.4. The Morgan fingerprint density at radius 2 is 1.65 bits per heavy atom. The number of aromatic nitrogens is 3. The zero-order valence-corrected chi connectivity index (χ0v) is 19.6. The summed E-state index contributed by atoms with van der Waals surface area (Å²) in [7, 11) is 0. The Hall–Kier alpha value is -5.04. The quantitative estimate of drug-likeness (QED) is 0.252. The molecule has 4 aromatic carbocycles. The van der Waals surface area contributed by atoms with Crippen molar-refractivity contribution in [1.82, 2.24) is 15.1 Å². The van der Waals surface area contributed by atoms with Crippen LogP contribution < -0.4 is 10.1 Å². The summed E-state index contributed by atoms with van der Waals surface area (Å²) in [6.45, 7) is 0.488. The van der Waals surface area contributed by atoms with Crippen LogP contribution >= 0.6 is 0 Å². The van der Waals surface area contributed by atoms with Gasteiger partial charge < -0.3 is 14.6 Å². The summed E-state index contributed by atoms with van der Waals surface area (Å²) in [5.74, 6) is 1.48. The molecular formula is C30H21FN4O2. The highest BCUT2D eigenvalue weighted by atomic mass is 19.1. The largest absolute Gasteiger partial charge is 0.489 e. The number of rotatable bonds is 7. The van der Waals surface area contributed by atoms with E-state index in [-0.39, 0.29) is 5.82 Å². The molecular weight excluding hydrogens is 467 g/mol. The van der Waals surface area contributed by atoms with Crippen LogP contribution in [0.3, 0.4) is 0 Å². The molecule has 1 N–H and O–H groups in total. The van der Waals surface area contributed by atoms with E-state index in [2.05, 4.69) is 15.5 Å². The predicted octanol–water partition coefficient (Wildman–Crippen LogP) is 7.41. The number of nitrogens with one attached hydrogen (secondary N) is 1. The third-order valence-electron chi connectivity index (χ3n) is 5.87. The first-order chi connectivity index (χ1) is 18.2. The van der Waals surface area contributed by atoms with Gasteiger partial charge in [-0.1, -0.05) is 47.6 Å². The van der Waals surface area contributed by atoms with Crippen molar-refractivity contribution >= 4 is 22.5 Å². The van der Waals surface area contributed by atoms with Gasteiger partial charge in [-0.3, -0.25) is 0 Å². The smallest absolute Gasteiger partial charge is 0.227 e. The number of nitrogens with zero attached hydrogens (tertiary/aromatic N) is 3. The van der Waals surface area contributed by atoms with Crippen molar-refractivity contribution in [3.05, 3.63) is 121 Å². The summed E-state index contributed by atoms with van der Waals surface area (Å²) in [6.07, 6.45) is 1.71. The Balaban J connectivity index is 1.23. The molecule has 0 spiro atoms. The van der Waals surface area contributed by atoms with Crippen LogP contribution in [0.4, 0.5) is 16.0 Å². The van der Waals surface area contributed by atoms with Gasteiger partial charge in [-0.25, -0.2) is 14.4 Å². The number of halogens is 1. The molecule has 0 aliphatic rings. The lowest BCUT2D eigenvalue weighted by atomic mass is 10.0. The lowest BCUT2D eigenvalue weighted by molar-refractivity contribution is 0.306. The summed E-state index contributed by atoms with van der Waals surface area (Å²) < 4.78 is 24.9. The number of fused-ring (bicyclic) bond motifs is 1. The summed E-state index contributed by atoms with van der Waals surface area (Å²) >= 11 is 0. The fourth-order valence-electron chi connectivity index (χ4n) is 4.02. The second kappa shape index (κ2) is 9.91. The minimum absolute atomic E-state index is 0.303. The van der Waals surface area contributed by atoms with Crippen LogP contribution in [0.15, 0.2) is 114 Å². The van der Waals surface area contributed by atoms with E-state index in [9.17, 15) is 4.39 Å². The molecule has 0 unspecified atom stereocenters. The van der Waals surface area contributed by atoms with Crippen LogP contribution in [0.25, 0.3) is 33.5 Å². The molecule has 0 aliphatic heterocycles. The number of ether oxygens (including phenoxy) is 1. The zero-order valence-electron chi connectivity index (χ0n) is 19.6. The van der Waals surface area contributed by atoms with Crippen molar-refractivity contribution in [3.63, 3.8) is 0 Å². The van der Waals surface area contributed by atoms with Gasteiger partial charge >= 0.3 is 0 Å². The van der Waals surface area contributed by atoms with Crippen LogP contribution in [0.2, 0.25) is 0 Å². The second-order valence-electron chi connectivity index (χ2n) is 8.44. The van der Waals surface area contributed by atoms with E-state index in [1.165, 1.54) is 12.1 Å². The number of anilines is 2. The van der Waals surface area contributed by atoms with Crippen molar-refractivity contribution < 1.29 is 13.7 Å². The van der Waals surface area contributed by atoms with Crippen molar-refractivity contribution in [3.8, 4) is 28.3 Å². The average molecular weight is 489 g/mol. The molecule has 0 amide bonds. The molecule has 0 radical (unpaired) electrons. The fourth-order valence-corrected chi connectivity index (χ4v) is 4.02. The van der Waals surface area contributed by atoms with E-state index in [0.717, 1.165) is 39.2 Å². The van der Waals surface area contributed by atoms with Gasteiger partial charge in [-0.2, -0.15) is 0 Å². The minimum Gasteiger partial charge on any atom is -0.489 e. The SMILES string of the molecule is Fc1ccc(-c2onc3ccc(-c4ccnc(Nc5cccc(OCc6ccccc6)c5)n4)cc23)cc1. The summed E-state index contributed by atoms with van der Waals surface area (Å²) in [6, 6.07) is 31.5. The van der Waals surface area contributed by atoms with E-state index in [1.807, 2.05) is 78.9 Å². The first-order valence-corrected chi connectivity index (χ1v) is 11.7. The van der Waals surface area contributed by atoms with Crippen LogP contribution in [-0.4, -0.2) is 15.1 Å². The van der Waals surface area contributed by atoms with Crippen molar-refractivity contribution in [2.45, 2.75) is 6.61 Å². The van der Waals surface area contributed by atoms with Gasteiger partial charge in [0.1, 0.15) is 23.7 Å². The molecule has 6 nitrogen and oxygen atoms in total. The zero-order chi connectivity index (χ0) is 25.0. The van der Waals surface area contributed by atoms with Crippen LogP contribution in [-0.2, 0) is 6.61 Å². The molecule has 0 saturated heterocycles. The first kappa shape index (κ1) is 22.4. The van der Waals surface area contributed by atoms with Gasteiger partial charge in [0.25, 0.3) is 0 Å². The van der Waals surface area contributed by atoms with Crippen molar-refractivity contribution in [2.75, 3.05) is 5.32 Å². The highest BCUT2D eigenvalue weighted by Crippen LogP contribution is 2.32. The Labute approximate surface area is 212 Å². The highest BCUT2D eigenvalue weighted by Gasteiger charge is 2.13. The molecule has 0 saturated carbocycles. The fraction of sp³-hybridized carbons (Fsp3) is 0.0333. The lowest BCUT2D eigenvalue weighted by Crippen LogP contribution is -1.99. The molecule has 0 atom stereocenters. The van der Waals surface area contributed by atoms with Gasteiger partial charge in [0.15, 0.2) is 5.76 Å². The maximum absolute atomic E-state index is 13.4. The minimum atomic E-state index is -0.303. The monoisotopic (exact) mass is 488 g/mol. The normalized spacial score (nSPS) is 10.9. The summed E-state index contributed by atoms with van der Waals surface area (Å²) in [5, 5.41) is 8.22. The molecule has 0 aliphatic carbocycles. The standard InChI is InChI=1S/C30H21FN4O2/c31-23-12-9-21(10-13-23)29-26-17-22(11-14-28(26)35-37-29)27-15-16-32-30(34-27)33-24-7-4-8-25(18-24)36-19-20-5-2-1-3-6-20/h1-18H,19H2,(H,32,33,34). The van der Waals surface area contributed by atoms with Crippen LogP contribution in [0.5, 0.6) is 5.75 Å². The lowest BCUT2D eigenvalue weighted by Gasteiger charge is -2.10. The Morgan fingerprint density at radius 1 is 0.811 bits per heavy atom. The molecule has 180 valence electrons. The third kappa shape index (κ3) is 5.01. The summed E-state index contributed by atoms with van der Waals surface area (Å²) in [5.41, 5.74) is 5.00. The first-order valence-electron chi connectivity index (χ1n) is 11.7. The van der Waals surface area contributed by atoms with E-state index >= 15 is 0 Å². The van der Waals surface area contributed by atoms with Crippen molar-refractivity contribution in [2.24, 2.45) is 0 Å². The molecule has 0 fully saturated rings. The summed E-state index contributed by atoms with van der Waals surface area (Å²) in [4.78, 5) is 9.08. The van der Waals surface area contributed by atoms with E-state index in [4.69, 9.17) is 14.2 Å². The molecule has 0 bridgehead atoms. The second-order valence-corrected chi connectivity index (χ2v) is 8.44. The highest BCUT2D eigenvalue weighted by molar-refractivity contribution is 5.94. The molecule has 37 heavy (non-hydrogen) atoms. The third-order valence-corrected chi connectivity index (χ3v) is 5.87. The average Bonchev–Trinajstić information content (AvgIpc) is 3.37. The Morgan fingerprint density at radius 3 is 2.51 bits per heavy atom. The molecule has 7 heteroatoms. The van der Waals surface area contributed by atoms with Gasteiger partial charge in [-0.05, 0) is 60.2 Å². The van der Waals surface area contributed by atoms with Gasteiger partial charge in [0.05, 0.1) is 11.1 Å². The van der Waals surface area contributed by atoms with E-state index in [1.54, 1.807) is 18.3 Å². The maximum Gasteiger partial charge on any atom is 0.227 e. The number of hydrogen-bond acceptors (Lipinski definition) is 6. The topological polar surface area (TPSA) is 73.1 Å². The van der Waals surface area contributed by atoms with E-state index in [0.29, 0.717) is 23.8 Å². The van der Waals surface area contributed by atoms with Crippen LogP contribution in [0.1, 0.15) is 5.56 Å². The Bertz CT molecular complexity index is 1670. The van der Waals surface area contributed by atoms with Crippen molar-refractivity contribution in [1.29, 1.82) is 0 Å².